The standard InChI is InChI=1S/C14H18F4N6O2/c15-9-1-2-23(12(9)26)6-8(19)5-11(25)22-3-4-24-10(7-22)20-21-13(24)14(16,17)18/h8-9H,1-7,19H2/t8-,9?/m0/s1. The second-order valence-corrected chi connectivity index (χ2v) is 6.41. The van der Waals surface area contributed by atoms with E-state index in [1.807, 2.05) is 0 Å². The smallest absolute Gasteiger partial charge is 0.338 e. The van der Waals surface area contributed by atoms with Gasteiger partial charge in [0.05, 0.1) is 6.54 Å². The molecule has 0 aromatic carbocycles. The summed E-state index contributed by atoms with van der Waals surface area (Å²) in [7, 11) is 0. The maximum atomic E-state index is 13.2. The van der Waals surface area contributed by atoms with Crippen molar-refractivity contribution in [2.75, 3.05) is 19.6 Å². The van der Waals surface area contributed by atoms with Crippen LogP contribution in [0.5, 0.6) is 0 Å². The Balaban J connectivity index is 1.56. The van der Waals surface area contributed by atoms with Crippen molar-refractivity contribution in [3.05, 3.63) is 11.6 Å². The first kappa shape index (κ1) is 18.5. The fraction of sp³-hybridized carbons (Fsp3) is 0.714. The van der Waals surface area contributed by atoms with Gasteiger partial charge in [0.25, 0.3) is 5.91 Å². The zero-order valence-electron chi connectivity index (χ0n) is 13.7. The van der Waals surface area contributed by atoms with Crippen LogP contribution in [0.25, 0.3) is 0 Å². The van der Waals surface area contributed by atoms with Gasteiger partial charge >= 0.3 is 6.18 Å². The number of carbonyl (C=O) groups excluding carboxylic acids is 2. The van der Waals surface area contributed by atoms with Gasteiger partial charge in [-0.25, -0.2) is 4.39 Å². The summed E-state index contributed by atoms with van der Waals surface area (Å²) in [5.41, 5.74) is 5.88. The number of hydrogen-bond acceptors (Lipinski definition) is 5. The minimum Gasteiger partial charge on any atom is -0.338 e. The van der Waals surface area contributed by atoms with E-state index in [9.17, 15) is 27.2 Å². The van der Waals surface area contributed by atoms with E-state index in [1.165, 1.54) is 9.80 Å². The van der Waals surface area contributed by atoms with Crippen LogP contribution < -0.4 is 5.73 Å². The second-order valence-electron chi connectivity index (χ2n) is 6.41. The molecule has 0 radical (unpaired) electrons. The maximum Gasteiger partial charge on any atom is 0.451 e. The van der Waals surface area contributed by atoms with E-state index in [2.05, 4.69) is 10.2 Å². The molecule has 3 rings (SSSR count). The van der Waals surface area contributed by atoms with Gasteiger partial charge in [-0.15, -0.1) is 10.2 Å². The molecule has 0 aliphatic carbocycles. The molecule has 2 amide bonds. The van der Waals surface area contributed by atoms with Crippen LogP contribution >= 0.6 is 0 Å². The lowest BCUT2D eigenvalue weighted by Gasteiger charge is -2.29. The highest BCUT2D eigenvalue weighted by Crippen LogP contribution is 2.29. The van der Waals surface area contributed by atoms with Gasteiger partial charge in [0.2, 0.25) is 11.7 Å². The van der Waals surface area contributed by atoms with Crippen molar-refractivity contribution in [1.29, 1.82) is 0 Å². The number of halogens is 4. The van der Waals surface area contributed by atoms with E-state index in [0.717, 1.165) is 4.57 Å². The summed E-state index contributed by atoms with van der Waals surface area (Å²) in [6, 6.07) is -0.678. The molecule has 8 nitrogen and oxygen atoms in total. The van der Waals surface area contributed by atoms with Crippen molar-refractivity contribution in [1.82, 2.24) is 24.6 Å². The largest absolute Gasteiger partial charge is 0.451 e. The third kappa shape index (κ3) is 3.64. The van der Waals surface area contributed by atoms with E-state index in [0.29, 0.717) is 0 Å². The van der Waals surface area contributed by atoms with Gasteiger partial charge in [-0.1, -0.05) is 0 Å². The quantitative estimate of drug-likeness (QED) is 0.740. The molecule has 1 unspecified atom stereocenters. The first-order valence-electron chi connectivity index (χ1n) is 8.12. The fourth-order valence-corrected chi connectivity index (χ4v) is 3.16. The Kier molecular flexibility index (Phi) is 4.86. The summed E-state index contributed by atoms with van der Waals surface area (Å²) in [5, 5.41) is 6.66. The molecule has 0 spiro atoms. The van der Waals surface area contributed by atoms with E-state index in [-0.39, 0.29) is 57.3 Å². The zero-order valence-corrected chi connectivity index (χ0v) is 13.7. The molecule has 0 bridgehead atoms. The van der Waals surface area contributed by atoms with Crippen LogP contribution in [0.15, 0.2) is 0 Å². The number of fused-ring (bicyclic) bond motifs is 1. The molecule has 1 aromatic rings. The van der Waals surface area contributed by atoms with Gasteiger partial charge in [-0.3, -0.25) is 9.59 Å². The maximum absolute atomic E-state index is 13.2. The number of hydrogen-bond donors (Lipinski definition) is 1. The zero-order chi connectivity index (χ0) is 19.1. The summed E-state index contributed by atoms with van der Waals surface area (Å²) < 4.78 is 52.6. The molecule has 0 saturated carbocycles. The van der Waals surface area contributed by atoms with Crippen molar-refractivity contribution in [2.24, 2.45) is 5.73 Å². The fourth-order valence-electron chi connectivity index (χ4n) is 3.16. The highest BCUT2D eigenvalue weighted by atomic mass is 19.4. The lowest BCUT2D eigenvalue weighted by Crippen LogP contribution is -2.45. The minimum absolute atomic E-state index is 0.0560. The number of rotatable bonds is 4. The lowest BCUT2D eigenvalue weighted by atomic mass is 10.1. The molecule has 2 aliphatic rings. The third-order valence-corrected chi connectivity index (χ3v) is 4.48. The molecular formula is C14H18F4N6O2. The number of likely N-dealkylation sites (tertiary alicyclic amines) is 1. The van der Waals surface area contributed by atoms with Crippen LogP contribution in [0.2, 0.25) is 0 Å². The van der Waals surface area contributed by atoms with Crippen molar-refractivity contribution in [3.8, 4) is 0 Å². The van der Waals surface area contributed by atoms with E-state index in [1.54, 1.807) is 0 Å². The van der Waals surface area contributed by atoms with Crippen molar-refractivity contribution in [2.45, 2.75) is 44.3 Å². The number of aromatic nitrogens is 3. The molecule has 1 saturated heterocycles. The number of nitrogens with zero attached hydrogens (tertiary/aromatic N) is 5. The van der Waals surface area contributed by atoms with Crippen molar-refractivity contribution in [3.63, 3.8) is 0 Å². The van der Waals surface area contributed by atoms with Crippen LogP contribution in [0.4, 0.5) is 17.6 Å². The Morgan fingerprint density at radius 1 is 1.27 bits per heavy atom. The SMILES string of the molecule is N[C@@H](CC(=O)N1CCn2c(nnc2C(F)(F)F)C1)CN1CCC(F)C1=O. The normalized spacial score (nSPS) is 21.9. The first-order valence-corrected chi connectivity index (χ1v) is 8.12. The lowest BCUT2D eigenvalue weighted by molar-refractivity contribution is -0.148. The van der Waals surface area contributed by atoms with Crippen LogP contribution in [-0.4, -0.2) is 68.2 Å². The summed E-state index contributed by atoms with van der Waals surface area (Å²) in [4.78, 5) is 26.5. The van der Waals surface area contributed by atoms with E-state index < -0.39 is 30.1 Å². The summed E-state index contributed by atoms with van der Waals surface area (Å²) in [6.45, 7) is 0.243. The number of alkyl halides is 4. The Hall–Kier alpha value is -2.24. The van der Waals surface area contributed by atoms with Crippen molar-refractivity contribution >= 4 is 11.8 Å². The Morgan fingerprint density at radius 2 is 2.00 bits per heavy atom. The molecule has 3 heterocycles. The molecule has 26 heavy (non-hydrogen) atoms. The average Bonchev–Trinajstić information content (AvgIpc) is 3.12. The van der Waals surface area contributed by atoms with Crippen LogP contribution in [0, 0.1) is 0 Å². The predicted molar refractivity (Wildman–Crippen MR) is 79.1 cm³/mol. The number of nitrogens with two attached hydrogens (primary N) is 1. The van der Waals surface area contributed by atoms with Crippen LogP contribution in [-0.2, 0) is 28.9 Å². The first-order chi connectivity index (χ1) is 12.2. The van der Waals surface area contributed by atoms with Gasteiger partial charge in [-0.05, 0) is 0 Å². The topological polar surface area (TPSA) is 97.3 Å². The highest BCUT2D eigenvalue weighted by molar-refractivity contribution is 5.83. The van der Waals surface area contributed by atoms with Gasteiger partial charge in [-0.2, -0.15) is 13.2 Å². The summed E-state index contributed by atoms with van der Waals surface area (Å²) in [5.74, 6) is -2.01. The molecule has 12 heteroatoms. The Morgan fingerprint density at radius 3 is 2.62 bits per heavy atom. The molecule has 1 aromatic heterocycles. The van der Waals surface area contributed by atoms with Gasteiger partial charge in [0.15, 0.2) is 12.0 Å². The molecule has 144 valence electrons. The minimum atomic E-state index is -4.60. The summed E-state index contributed by atoms with van der Waals surface area (Å²) >= 11 is 0. The van der Waals surface area contributed by atoms with Gasteiger partial charge in [0.1, 0.15) is 0 Å². The molecular weight excluding hydrogens is 360 g/mol. The number of amides is 2. The molecule has 2 aliphatic heterocycles. The molecule has 2 N–H and O–H groups in total. The highest BCUT2D eigenvalue weighted by Gasteiger charge is 2.40. The third-order valence-electron chi connectivity index (χ3n) is 4.48. The van der Waals surface area contributed by atoms with E-state index in [4.69, 9.17) is 5.73 Å². The molecule has 1 fully saturated rings. The Bertz CT molecular complexity index is 706. The van der Waals surface area contributed by atoms with Crippen molar-refractivity contribution < 1.29 is 27.2 Å². The van der Waals surface area contributed by atoms with Gasteiger partial charge in [0, 0.05) is 45.1 Å². The number of carbonyl (C=O) groups is 2. The summed E-state index contributed by atoms with van der Waals surface area (Å²) in [6.07, 6.45) is -6.10. The Labute approximate surface area is 145 Å². The second kappa shape index (κ2) is 6.82. The van der Waals surface area contributed by atoms with E-state index >= 15 is 0 Å². The van der Waals surface area contributed by atoms with Crippen LogP contribution in [0.3, 0.4) is 0 Å². The average molecular weight is 378 g/mol. The predicted octanol–water partition coefficient (Wildman–Crippen LogP) is -0.0731. The monoisotopic (exact) mass is 378 g/mol. The molecule has 2 atom stereocenters. The van der Waals surface area contributed by atoms with Crippen LogP contribution in [0.1, 0.15) is 24.5 Å². The van der Waals surface area contributed by atoms with Gasteiger partial charge < -0.3 is 20.1 Å².